The first-order chi connectivity index (χ1) is 9.81. The van der Waals surface area contributed by atoms with Crippen LogP contribution >= 0.6 is 11.3 Å². The van der Waals surface area contributed by atoms with E-state index in [1.165, 1.54) is 24.1 Å². The smallest absolute Gasteiger partial charge is 0.0901 e. The van der Waals surface area contributed by atoms with Gasteiger partial charge in [0.2, 0.25) is 0 Å². The van der Waals surface area contributed by atoms with E-state index in [1.54, 1.807) is 11.3 Å². The van der Waals surface area contributed by atoms with E-state index < -0.39 is 0 Å². The van der Waals surface area contributed by atoms with Gasteiger partial charge in [-0.05, 0) is 37.8 Å². The Kier molecular flexibility index (Phi) is 4.33. The van der Waals surface area contributed by atoms with Crippen LogP contribution in [0.2, 0.25) is 0 Å². The number of nitrogens with zero attached hydrogens (tertiary/aromatic N) is 1. The van der Waals surface area contributed by atoms with E-state index >= 15 is 0 Å². The molecule has 20 heavy (non-hydrogen) atoms. The van der Waals surface area contributed by atoms with Gasteiger partial charge in [-0.15, -0.1) is 11.3 Å². The highest BCUT2D eigenvalue weighted by molar-refractivity contribution is 7.09. The summed E-state index contributed by atoms with van der Waals surface area (Å²) in [6.45, 7) is 4.90. The van der Waals surface area contributed by atoms with Gasteiger partial charge in [-0.25, -0.2) is 4.98 Å². The van der Waals surface area contributed by atoms with Crippen LogP contribution in [0.3, 0.4) is 0 Å². The van der Waals surface area contributed by atoms with Crippen LogP contribution in [0, 0.1) is 12.8 Å². The lowest BCUT2D eigenvalue weighted by Gasteiger charge is -2.22. The summed E-state index contributed by atoms with van der Waals surface area (Å²) in [6.07, 6.45) is 2.34. The maximum Gasteiger partial charge on any atom is 0.0901 e. The molecule has 1 aromatic heterocycles. The van der Waals surface area contributed by atoms with Gasteiger partial charge in [-0.1, -0.05) is 12.1 Å². The van der Waals surface area contributed by atoms with Gasteiger partial charge in [-0.2, -0.15) is 0 Å². The molecule has 2 aromatic rings. The molecule has 0 spiro atoms. The number of benzene rings is 1. The van der Waals surface area contributed by atoms with Gasteiger partial charge in [0.25, 0.3) is 0 Å². The second-order valence-corrected chi connectivity index (χ2v) is 6.33. The summed E-state index contributed by atoms with van der Waals surface area (Å²) in [7, 11) is 0. The molecule has 1 aromatic carbocycles. The van der Waals surface area contributed by atoms with E-state index in [4.69, 9.17) is 4.74 Å². The Labute approximate surface area is 124 Å². The fraction of sp³-hybridized carbons (Fsp3) is 0.438. The van der Waals surface area contributed by atoms with Gasteiger partial charge >= 0.3 is 0 Å². The molecule has 1 N–H and O–H groups in total. The first-order valence-electron chi connectivity index (χ1n) is 7.15. The SMILES string of the molecule is Cc1nc(-c2ccc(NCC3CCOCC3)cc2)cs1. The van der Waals surface area contributed by atoms with Gasteiger partial charge in [0.05, 0.1) is 10.7 Å². The van der Waals surface area contributed by atoms with Crippen LogP contribution in [0.4, 0.5) is 5.69 Å². The molecule has 1 aliphatic heterocycles. The number of aryl methyl sites for hydroxylation is 1. The van der Waals surface area contributed by atoms with Crippen molar-refractivity contribution in [3.8, 4) is 11.3 Å². The van der Waals surface area contributed by atoms with Crippen molar-refractivity contribution >= 4 is 17.0 Å². The molecule has 0 unspecified atom stereocenters. The number of rotatable bonds is 4. The Morgan fingerprint density at radius 1 is 1.25 bits per heavy atom. The zero-order valence-corrected chi connectivity index (χ0v) is 12.6. The molecule has 3 nitrogen and oxygen atoms in total. The van der Waals surface area contributed by atoms with E-state index in [-0.39, 0.29) is 0 Å². The number of ether oxygens (including phenoxy) is 1. The summed E-state index contributed by atoms with van der Waals surface area (Å²) >= 11 is 1.69. The number of anilines is 1. The van der Waals surface area contributed by atoms with Crippen LogP contribution in [0.1, 0.15) is 17.8 Å². The van der Waals surface area contributed by atoms with E-state index in [0.717, 1.165) is 36.4 Å². The lowest BCUT2D eigenvalue weighted by Crippen LogP contribution is -2.22. The summed E-state index contributed by atoms with van der Waals surface area (Å²) in [4.78, 5) is 4.51. The van der Waals surface area contributed by atoms with Gasteiger partial charge in [0, 0.05) is 36.4 Å². The summed E-state index contributed by atoms with van der Waals surface area (Å²) in [6, 6.07) is 8.56. The van der Waals surface area contributed by atoms with Crippen molar-refractivity contribution in [1.29, 1.82) is 0 Å². The quantitative estimate of drug-likeness (QED) is 0.924. The first kappa shape index (κ1) is 13.6. The molecular weight excluding hydrogens is 268 g/mol. The number of hydrogen-bond donors (Lipinski definition) is 1. The van der Waals surface area contributed by atoms with Gasteiger partial charge in [0.1, 0.15) is 0 Å². The maximum atomic E-state index is 5.38. The van der Waals surface area contributed by atoms with E-state index in [1.807, 2.05) is 6.92 Å². The second-order valence-electron chi connectivity index (χ2n) is 5.27. The Bertz CT molecular complexity index is 544. The molecule has 0 aliphatic carbocycles. The molecule has 0 amide bonds. The Morgan fingerprint density at radius 2 is 2.00 bits per heavy atom. The Balaban J connectivity index is 1.58. The number of nitrogens with one attached hydrogen (secondary N) is 1. The van der Waals surface area contributed by atoms with E-state index in [9.17, 15) is 0 Å². The van der Waals surface area contributed by atoms with Crippen molar-refractivity contribution in [2.75, 3.05) is 25.1 Å². The molecule has 0 bridgehead atoms. The molecular formula is C16H20N2OS. The minimum Gasteiger partial charge on any atom is -0.385 e. The zero-order valence-electron chi connectivity index (χ0n) is 11.8. The highest BCUT2D eigenvalue weighted by Crippen LogP contribution is 2.23. The van der Waals surface area contributed by atoms with Crippen molar-refractivity contribution in [3.63, 3.8) is 0 Å². The van der Waals surface area contributed by atoms with E-state index in [2.05, 4.69) is 39.9 Å². The van der Waals surface area contributed by atoms with Crippen molar-refractivity contribution < 1.29 is 4.74 Å². The predicted molar refractivity (Wildman–Crippen MR) is 84.3 cm³/mol. The summed E-state index contributed by atoms with van der Waals surface area (Å²) in [5.41, 5.74) is 3.45. The normalized spacial score (nSPS) is 16.2. The minimum atomic E-state index is 0.740. The largest absolute Gasteiger partial charge is 0.385 e. The lowest BCUT2D eigenvalue weighted by atomic mass is 10.0. The summed E-state index contributed by atoms with van der Waals surface area (Å²) in [5, 5.41) is 6.75. The first-order valence-corrected chi connectivity index (χ1v) is 8.03. The maximum absolute atomic E-state index is 5.38. The predicted octanol–water partition coefficient (Wildman–Crippen LogP) is 3.96. The average molecular weight is 288 g/mol. The van der Waals surface area contributed by atoms with Crippen molar-refractivity contribution in [3.05, 3.63) is 34.7 Å². The second kappa shape index (κ2) is 6.37. The number of thiazole rings is 1. The Morgan fingerprint density at radius 3 is 2.65 bits per heavy atom. The Hall–Kier alpha value is -1.39. The van der Waals surface area contributed by atoms with Crippen LogP contribution in [0.25, 0.3) is 11.3 Å². The van der Waals surface area contributed by atoms with E-state index in [0.29, 0.717) is 0 Å². The molecule has 0 radical (unpaired) electrons. The standard InChI is InChI=1S/C16H20N2OS/c1-12-18-16(11-20-12)14-2-4-15(5-3-14)17-10-13-6-8-19-9-7-13/h2-5,11,13,17H,6-10H2,1H3. The third kappa shape index (κ3) is 3.38. The summed E-state index contributed by atoms with van der Waals surface area (Å²) in [5.74, 6) is 0.740. The number of aromatic nitrogens is 1. The molecule has 2 heterocycles. The minimum absolute atomic E-state index is 0.740. The third-order valence-corrected chi connectivity index (χ3v) is 4.51. The van der Waals surface area contributed by atoms with Crippen LogP contribution in [-0.4, -0.2) is 24.7 Å². The third-order valence-electron chi connectivity index (χ3n) is 3.74. The highest BCUT2D eigenvalue weighted by Gasteiger charge is 2.13. The van der Waals surface area contributed by atoms with Gasteiger partial charge < -0.3 is 10.1 Å². The van der Waals surface area contributed by atoms with Crippen LogP contribution < -0.4 is 5.32 Å². The fourth-order valence-corrected chi connectivity index (χ4v) is 3.09. The number of hydrogen-bond acceptors (Lipinski definition) is 4. The van der Waals surface area contributed by atoms with Crippen LogP contribution in [0.5, 0.6) is 0 Å². The zero-order chi connectivity index (χ0) is 13.8. The molecule has 1 fully saturated rings. The molecule has 0 atom stereocenters. The van der Waals surface area contributed by atoms with Gasteiger partial charge in [0.15, 0.2) is 0 Å². The van der Waals surface area contributed by atoms with Crippen molar-refractivity contribution in [2.24, 2.45) is 5.92 Å². The average Bonchev–Trinajstić information content (AvgIpc) is 2.93. The topological polar surface area (TPSA) is 34.2 Å². The molecule has 106 valence electrons. The van der Waals surface area contributed by atoms with Crippen LogP contribution in [0.15, 0.2) is 29.6 Å². The summed E-state index contributed by atoms with van der Waals surface area (Å²) < 4.78 is 5.38. The highest BCUT2D eigenvalue weighted by atomic mass is 32.1. The molecule has 0 saturated carbocycles. The van der Waals surface area contributed by atoms with Gasteiger partial charge in [-0.3, -0.25) is 0 Å². The lowest BCUT2D eigenvalue weighted by molar-refractivity contribution is 0.0699. The monoisotopic (exact) mass is 288 g/mol. The molecule has 1 aliphatic rings. The molecule has 3 rings (SSSR count). The molecule has 4 heteroatoms. The van der Waals surface area contributed by atoms with Crippen molar-refractivity contribution in [2.45, 2.75) is 19.8 Å². The van der Waals surface area contributed by atoms with Crippen molar-refractivity contribution in [1.82, 2.24) is 4.98 Å². The fourth-order valence-electron chi connectivity index (χ4n) is 2.47. The molecule has 1 saturated heterocycles. The van der Waals surface area contributed by atoms with Crippen LogP contribution in [-0.2, 0) is 4.74 Å².